The third-order valence-corrected chi connectivity index (χ3v) is 3.17. The second-order valence-electron chi connectivity index (χ2n) is 4.26. The predicted molar refractivity (Wildman–Crippen MR) is 64.0 cm³/mol. The van der Waals surface area contributed by atoms with Gasteiger partial charge < -0.3 is 0 Å². The largest absolute Gasteiger partial charge is 0.293 e. The van der Waals surface area contributed by atoms with Crippen LogP contribution in [0.1, 0.15) is 51.9 Å². The summed E-state index contributed by atoms with van der Waals surface area (Å²) in [6.07, 6.45) is 14.0. The lowest BCUT2D eigenvalue weighted by atomic mass is 9.99. The molecule has 0 unspecified atom stereocenters. The van der Waals surface area contributed by atoms with Crippen LogP contribution in [0.3, 0.4) is 0 Å². The van der Waals surface area contributed by atoms with Crippen LogP contribution in [0.15, 0.2) is 17.1 Å². The van der Waals surface area contributed by atoms with Crippen LogP contribution < -0.4 is 0 Å². The Morgan fingerprint density at radius 2 is 2.07 bits per heavy atom. The van der Waals surface area contributed by atoms with Gasteiger partial charge in [-0.05, 0) is 31.8 Å². The number of aliphatic imine (C=N–C) groups is 1. The maximum Gasteiger partial charge on any atom is 0.0341 e. The highest BCUT2D eigenvalue weighted by molar-refractivity contribution is 5.94. The summed E-state index contributed by atoms with van der Waals surface area (Å²) in [4.78, 5) is 4.27. The van der Waals surface area contributed by atoms with Crippen molar-refractivity contribution in [2.45, 2.75) is 51.9 Å². The van der Waals surface area contributed by atoms with Gasteiger partial charge in [-0.25, -0.2) is 0 Å². The summed E-state index contributed by atoms with van der Waals surface area (Å²) in [6.45, 7) is 2.06. The standard InChI is InChI=1S/C13H23N/c1-3-7-13(14-2)11-6-10-12-8-4-5-9-12/h3,7,12H,4-6,8-11H2,1-2H3. The molecule has 80 valence electrons. The molecule has 1 aliphatic rings. The van der Waals surface area contributed by atoms with Gasteiger partial charge in [0.2, 0.25) is 0 Å². The Morgan fingerprint density at radius 3 is 2.64 bits per heavy atom. The van der Waals surface area contributed by atoms with Crippen LogP contribution in [0.4, 0.5) is 0 Å². The Kier molecular flexibility index (Phi) is 5.58. The fourth-order valence-corrected chi connectivity index (χ4v) is 2.33. The maximum absolute atomic E-state index is 4.27. The molecule has 0 aliphatic heterocycles. The Bertz CT molecular complexity index is 197. The molecule has 1 aliphatic carbocycles. The molecular formula is C13H23N. The van der Waals surface area contributed by atoms with E-state index in [9.17, 15) is 0 Å². The van der Waals surface area contributed by atoms with Gasteiger partial charge in [-0.15, -0.1) is 0 Å². The second-order valence-corrected chi connectivity index (χ2v) is 4.26. The highest BCUT2D eigenvalue weighted by Crippen LogP contribution is 2.28. The van der Waals surface area contributed by atoms with E-state index in [0.717, 1.165) is 12.3 Å². The third kappa shape index (κ3) is 4.08. The zero-order valence-electron chi connectivity index (χ0n) is 9.63. The first-order valence-electron chi connectivity index (χ1n) is 5.95. The minimum atomic E-state index is 1.03. The normalized spacial score (nSPS) is 19.7. The van der Waals surface area contributed by atoms with Crippen LogP contribution in [-0.2, 0) is 0 Å². The summed E-state index contributed by atoms with van der Waals surface area (Å²) in [5.41, 5.74) is 1.26. The van der Waals surface area contributed by atoms with E-state index >= 15 is 0 Å². The van der Waals surface area contributed by atoms with Gasteiger partial charge in [-0.3, -0.25) is 4.99 Å². The van der Waals surface area contributed by atoms with Crippen LogP contribution in [0.2, 0.25) is 0 Å². The van der Waals surface area contributed by atoms with E-state index in [1.54, 1.807) is 0 Å². The summed E-state index contributed by atoms with van der Waals surface area (Å²) in [5.74, 6) is 1.03. The van der Waals surface area contributed by atoms with E-state index in [-0.39, 0.29) is 0 Å². The van der Waals surface area contributed by atoms with Gasteiger partial charge >= 0.3 is 0 Å². The molecule has 0 atom stereocenters. The summed E-state index contributed by atoms with van der Waals surface area (Å²) < 4.78 is 0. The quantitative estimate of drug-likeness (QED) is 0.585. The Morgan fingerprint density at radius 1 is 1.36 bits per heavy atom. The summed E-state index contributed by atoms with van der Waals surface area (Å²) in [7, 11) is 1.89. The van der Waals surface area contributed by atoms with Crippen molar-refractivity contribution in [2.24, 2.45) is 10.9 Å². The number of hydrogen-bond acceptors (Lipinski definition) is 1. The van der Waals surface area contributed by atoms with Gasteiger partial charge in [-0.2, -0.15) is 0 Å². The van der Waals surface area contributed by atoms with Crippen LogP contribution in [-0.4, -0.2) is 12.8 Å². The van der Waals surface area contributed by atoms with Gasteiger partial charge in [0.25, 0.3) is 0 Å². The predicted octanol–water partition coefficient (Wildman–Crippen LogP) is 3.99. The van der Waals surface area contributed by atoms with Gasteiger partial charge in [0.15, 0.2) is 0 Å². The Balaban J connectivity index is 2.12. The van der Waals surface area contributed by atoms with E-state index in [1.807, 2.05) is 7.05 Å². The van der Waals surface area contributed by atoms with Crippen LogP contribution in [0.25, 0.3) is 0 Å². The number of hydrogen-bond donors (Lipinski definition) is 0. The van der Waals surface area contributed by atoms with Crippen molar-refractivity contribution in [3.05, 3.63) is 12.2 Å². The highest BCUT2D eigenvalue weighted by Gasteiger charge is 2.14. The van der Waals surface area contributed by atoms with Crippen molar-refractivity contribution in [3.63, 3.8) is 0 Å². The smallest absolute Gasteiger partial charge is 0.0341 e. The van der Waals surface area contributed by atoms with Gasteiger partial charge in [0.1, 0.15) is 0 Å². The maximum atomic E-state index is 4.27. The van der Waals surface area contributed by atoms with E-state index < -0.39 is 0 Å². The fourth-order valence-electron chi connectivity index (χ4n) is 2.33. The molecule has 0 radical (unpaired) electrons. The molecule has 1 nitrogen and oxygen atoms in total. The molecule has 0 N–H and O–H groups in total. The SMILES string of the molecule is CC=CC(CCCC1CCCC1)=NC. The zero-order valence-corrected chi connectivity index (χ0v) is 9.63. The molecule has 14 heavy (non-hydrogen) atoms. The van der Waals surface area contributed by atoms with Gasteiger partial charge in [0, 0.05) is 12.8 Å². The molecule has 0 heterocycles. The lowest BCUT2D eigenvalue weighted by molar-refractivity contribution is 0.489. The minimum Gasteiger partial charge on any atom is -0.293 e. The number of nitrogens with zero attached hydrogens (tertiary/aromatic N) is 1. The molecule has 0 aromatic rings. The molecule has 1 saturated carbocycles. The topological polar surface area (TPSA) is 12.4 Å². The van der Waals surface area contributed by atoms with Crippen molar-refractivity contribution >= 4 is 5.71 Å². The molecule has 0 saturated heterocycles. The third-order valence-electron chi connectivity index (χ3n) is 3.17. The average molecular weight is 193 g/mol. The van der Waals surface area contributed by atoms with Crippen molar-refractivity contribution in [3.8, 4) is 0 Å². The molecule has 0 amide bonds. The Labute approximate surface area is 88.3 Å². The minimum absolute atomic E-state index is 1.03. The van der Waals surface area contributed by atoms with Crippen LogP contribution in [0.5, 0.6) is 0 Å². The summed E-state index contributed by atoms with van der Waals surface area (Å²) in [6, 6.07) is 0. The van der Waals surface area contributed by atoms with Crippen molar-refractivity contribution in [1.29, 1.82) is 0 Å². The molecule has 1 heteroatoms. The molecule has 1 fully saturated rings. The zero-order chi connectivity index (χ0) is 10.2. The van der Waals surface area contributed by atoms with E-state index in [1.165, 1.54) is 44.2 Å². The second kappa shape index (κ2) is 6.80. The molecule has 0 bridgehead atoms. The van der Waals surface area contributed by atoms with Crippen LogP contribution in [0, 0.1) is 5.92 Å². The van der Waals surface area contributed by atoms with Gasteiger partial charge in [0.05, 0.1) is 0 Å². The first kappa shape index (κ1) is 11.5. The molecule has 1 rings (SSSR count). The molecule has 0 aromatic heterocycles. The first-order chi connectivity index (χ1) is 6.86. The summed E-state index contributed by atoms with van der Waals surface area (Å²) >= 11 is 0. The van der Waals surface area contributed by atoms with Crippen molar-refractivity contribution < 1.29 is 0 Å². The number of rotatable bonds is 5. The van der Waals surface area contributed by atoms with E-state index in [0.29, 0.717) is 0 Å². The fraction of sp³-hybridized carbons (Fsp3) is 0.769. The van der Waals surface area contributed by atoms with E-state index in [4.69, 9.17) is 0 Å². The van der Waals surface area contributed by atoms with Crippen molar-refractivity contribution in [1.82, 2.24) is 0 Å². The average Bonchev–Trinajstić information content (AvgIpc) is 2.69. The van der Waals surface area contributed by atoms with Gasteiger partial charge in [-0.1, -0.05) is 38.2 Å². The van der Waals surface area contributed by atoms with Crippen molar-refractivity contribution in [2.75, 3.05) is 7.05 Å². The Hall–Kier alpha value is -0.590. The number of allylic oxidation sites excluding steroid dienone is 2. The molecule has 0 aromatic carbocycles. The summed E-state index contributed by atoms with van der Waals surface area (Å²) in [5, 5.41) is 0. The lowest BCUT2D eigenvalue weighted by Gasteiger charge is -2.07. The molecular weight excluding hydrogens is 170 g/mol. The molecule has 0 spiro atoms. The first-order valence-corrected chi connectivity index (χ1v) is 5.95. The van der Waals surface area contributed by atoms with E-state index in [2.05, 4.69) is 24.1 Å². The lowest BCUT2D eigenvalue weighted by Crippen LogP contribution is -1.97. The monoisotopic (exact) mass is 193 g/mol. The van der Waals surface area contributed by atoms with Crippen LogP contribution >= 0.6 is 0 Å². The highest BCUT2D eigenvalue weighted by atomic mass is 14.7.